The Balaban J connectivity index is 3.87. The van der Waals surface area contributed by atoms with Crippen LogP contribution in [0, 0.1) is 0 Å². The molecule has 3 nitrogen and oxygen atoms in total. The van der Waals surface area contributed by atoms with E-state index in [2.05, 4.69) is 55.1 Å². The summed E-state index contributed by atoms with van der Waals surface area (Å²) in [4.78, 5) is 13.9. The zero-order valence-corrected chi connectivity index (χ0v) is 14.5. The van der Waals surface area contributed by atoms with E-state index in [9.17, 15) is 4.79 Å². The Morgan fingerprint density at radius 3 is 2.21 bits per heavy atom. The number of nitrogens with zero attached hydrogens (tertiary/aromatic N) is 1. The van der Waals surface area contributed by atoms with Gasteiger partial charge in [0.15, 0.2) is 0 Å². The van der Waals surface area contributed by atoms with Gasteiger partial charge in [-0.25, -0.2) is 4.79 Å². The largest absolute Gasteiger partial charge is 0.461 e. The molecule has 0 spiro atoms. The Bertz CT molecular complexity index is 282. The normalized spacial score (nSPS) is 13.1. The highest BCUT2D eigenvalue weighted by Crippen LogP contribution is 2.13. The van der Waals surface area contributed by atoms with Crippen molar-refractivity contribution in [3.8, 4) is 0 Å². The molecule has 112 valence electrons. The van der Waals surface area contributed by atoms with Crippen LogP contribution >= 0.6 is 15.9 Å². The van der Waals surface area contributed by atoms with E-state index < -0.39 is 0 Å². The molecule has 0 rings (SSSR count). The molecule has 0 aliphatic rings. The summed E-state index contributed by atoms with van der Waals surface area (Å²) in [5, 5.41) is 0. The molecule has 19 heavy (non-hydrogen) atoms. The Morgan fingerprint density at radius 2 is 1.79 bits per heavy atom. The van der Waals surface area contributed by atoms with Gasteiger partial charge in [-0.05, 0) is 54.0 Å². The molecule has 0 aliphatic carbocycles. The number of alkyl halides is 1. The van der Waals surface area contributed by atoms with Crippen molar-refractivity contribution in [1.82, 2.24) is 4.90 Å². The highest BCUT2D eigenvalue weighted by molar-refractivity contribution is 9.09. The van der Waals surface area contributed by atoms with Crippen LogP contribution in [0.4, 0.5) is 0 Å². The fourth-order valence-corrected chi connectivity index (χ4v) is 2.44. The van der Waals surface area contributed by atoms with Gasteiger partial charge in [-0.3, -0.25) is 4.90 Å². The molecule has 0 aromatic carbocycles. The number of esters is 1. The van der Waals surface area contributed by atoms with Crippen LogP contribution in [0.15, 0.2) is 12.2 Å². The summed E-state index contributed by atoms with van der Waals surface area (Å²) < 4.78 is 5.12. The molecule has 4 heteroatoms. The molecule has 0 saturated heterocycles. The van der Waals surface area contributed by atoms with Gasteiger partial charge in [0.05, 0.1) is 0 Å². The standard InChI is InChI=1S/C15H28BrNO2/c1-11(2)15(18)19-10-14(16)8-7-9-17(12(3)4)13(5)6/h12-14H,1,7-10H2,2-6H3. The topological polar surface area (TPSA) is 29.5 Å². The van der Waals surface area contributed by atoms with Gasteiger partial charge in [0.1, 0.15) is 6.61 Å². The van der Waals surface area contributed by atoms with Crippen LogP contribution in [0.5, 0.6) is 0 Å². The minimum absolute atomic E-state index is 0.219. The van der Waals surface area contributed by atoms with Gasteiger partial charge >= 0.3 is 5.97 Å². The van der Waals surface area contributed by atoms with Gasteiger partial charge in [0, 0.05) is 22.5 Å². The van der Waals surface area contributed by atoms with Gasteiger partial charge in [-0.2, -0.15) is 0 Å². The lowest BCUT2D eigenvalue weighted by atomic mass is 10.2. The van der Waals surface area contributed by atoms with Crippen molar-refractivity contribution >= 4 is 21.9 Å². The van der Waals surface area contributed by atoms with E-state index in [4.69, 9.17) is 4.74 Å². The first-order valence-corrected chi connectivity index (χ1v) is 7.89. The van der Waals surface area contributed by atoms with Crippen LogP contribution in [0.25, 0.3) is 0 Å². The average Bonchev–Trinajstić information content (AvgIpc) is 2.30. The predicted octanol–water partition coefficient (Wildman–Crippen LogP) is 3.77. The minimum Gasteiger partial charge on any atom is -0.461 e. The van der Waals surface area contributed by atoms with Crippen molar-refractivity contribution in [3.05, 3.63) is 12.2 Å². The smallest absolute Gasteiger partial charge is 0.333 e. The maximum absolute atomic E-state index is 11.3. The number of ether oxygens (including phenoxy) is 1. The van der Waals surface area contributed by atoms with E-state index >= 15 is 0 Å². The quantitative estimate of drug-likeness (QED) is 0.365. The zero-order chi connectivity index (χ0) is 15.0. The third kappa shape index (κ3) is 8.43. The lowest BCUT2D eigenvalue weighted by molar-refractivity contribution is -0.138. The van der Waals surface area contributed by atoms with Gasteiger partial charge < -0.3 is 4.74 Å². The van der Waals surface area contributed by atoms with Crippen LogP contribution in [0.2, 0.25) is 0 Å². The summed E-state index contributed by atoms with van der Waals surface area (Å²) in [6, 6.07) is 1.13. The van der Waals surface area contributed by atoms with Gasteiger partial charge in [0.2, 0.25) is 0 Å². The fourth-order valence-electron chi connectivity index (χ4n) is 1.98. The zero-order valence-electron chi connectivity index (χ0n) is 12.9. The number of hydrogen-bond acceptors (Lipinski definition) is 3. The third-order valence-corrected chi connectivity index (χ3v) is 3.73. The Kier molecular flexibility index (Phi) is 9.36. The lowest BCUT2D eigenvalue weighted by Crippen LogP contribution is -2.37. The van der Waals surface area contributed by atoms with Crippen molar-refractivity contribution in [1.29, 1.82) is 0 Å². The second kappa shape index (κ2) is 9.54. The second-order valence-corrected chi connectivity index (χ2v) is 6.84. The molecule has 0 fully saturated rings. The highest BCUT2D eigenvalue weighted by atomic mass is 79.9. The first-order valence-electron chi connectivity index (χ1n) is 6.98. The molecule has 0 saturated carbocycles. The first kappa shape index (κ1) is 18.7. The summed E-state index contributed by atoms with van der Waals surface area (Å²) in [6.45, 7) is 15.6. The summed E-state index contributed by atoms with van der Waals surface area (Å²) >= 11 is 3.55. The van der Waals surface area contributed by atoms with Gasteiger partial charge in [-0.1, -0.05) is 22.5 Å². The second-order valence-electron chi connectivity index (χ2n) is 5.54. The van der Waals surface area contributed by atoms with Crippen LogP contribution in [-0.2, 0) is 9.53 Å². The predicted molar refractivity (Wildman–Crippen MR) is 84.7 cm³/mol. The van der Waals surface area contributed by atoms with E-state index in [0.29, 0.717) is 24.3 Å². The number of halogens is 1. The third-order valence-electron chi connectivity index (χ3n) is 3.00. The summed E-state index contributed by atoms with van der Waals surface area (Å²) in [5.74, 6) is -0.310. The van der Waals surface area contributed by atoms with E-state index in [1.165, 1.54) is 0 Å². The Labute approximate surface area is 126 Å². The van der Waals surface area contributed by atoms with Crippen LogP contribution in [0.3, 0.4) is 0 Å². The monoisotopic (exact) mass is 333 g/mol. The van der Waals surface area contributed by atoms with Crippen molar-refractivity contribution in [2.45, 2.75) is 64.4 Å². The molecule has 1 unspecified atom stereocenters. The lowest BCUT2D eigenvalue weighted by Gasteiger charge is -2.30. The summed E-state index contributed by atoms with van der Waals surface area (Å²) in [6.07, 6.45) is 2.09. The fraction of sp³-hybridized carbons (Fsp3) is 0.800. The molecule has 0 amide bonds. The maximum atomic E-state index is 11.3. The number of carbonyl (C=O) groups excluding carboxylic acids is 1. The SMILES string of the molecule is C=C(C)C(=O)OCC(Br)CCCN(C(C)C)C(C)C. The van der Waals surface area contributed by atoms with Crippen molar-refractivity contribution in [2.75, 3.05) is 13.2 Å². The molecular weight excluding hydrogens is 306 g/mol. The van der Waals surface area contributed by atoms with Crippen LogP contribution in [0.1, 0.15) is 47.5 Å². The summed E-state index contributed by atoms with van der Waals surface area (Å²) in [5.41, 5.74) is 0.450. The number of rotatable bonds is 9. The summed E-state index contributed by atoms with van der Waals surface area (Å²) in [7, 11) is 0. The first-order chi connectivity index (χ1) is 8.75. The molecule has 0 aliphatic heterocycles. The number of carbonyl (C=O) groups is 1. The van der Waals surface area contributed by atoms with Crippen molar-refractivity contribution < 1.29 is 9.53 Å². The van der Waals surface area contributed by atoms with E-state index in [1.807, 2.05) is 0 Å². The van der Waals surface area contributed by atoms with Crippen molar-refractivity contribution in [2.24, 2.45) is 0 Å². The molecule has 0 bridgehead atoms. The maximum Gasteiger partial charge on any atom is 0.333 e. The highest BCUT2D eigenvalue weighted by Gasteiger charge is 2.14. The molecule has 1 atom stereocenters. The molecule has 0 aromatic rings. The minimum atomic E-state index is -0.310. The molecular formula is C15H28BrNO2. The average molecular weight is 334 g/mol. The Morgan fingerprint density at radius 1 is 1.26 bits per heavy atom. The van der Waals surface area contributed by atoms with Crippen LogP contribution in [-0.4, -0.2) is 40.9 Å². The molecule has 0 N–H and O–H groups in total. The molecule has 0 heterocycles. The van der Waals surface area contributed by atoms with E-state index in [0.717, 1.165) is 19.4 Å². The Hall–Kier alpha value is -0.350. The van der Waals surface area contributed by atoms with Crippen LogP contribution < -0.4 is 0 Å². The molecule has 0 radical (unpaired) electrons. The molecule has 0 aromatic heterocycles. The van der Waals surface area contributed by atoms with Gasteiger partial charge in [0.25, 0.3) is 0 Å². The van der Waals surface area contributed by atoms with E-state index in [-0.39, 0.29) is 10.8 Å². The van der Waals surface area contributed by atoms with E-state index in [1.54, 1.807) is 6.92 Å². The van der Waals surface area contributed by atoms with Gasteiger partial charge in [-0.15, -0.1) is 0 Å². The van der Waals surface area contributed by atoms with Crippen molar-refractivity contribution in [3.63, 3.8) is 0 Å². The number of hydrogen-bond donors (Lipinski definition) is 0.